The Labute approximate surface area is 143 Å². The second-order valence-electron chi connectivity index (χ2n) is 6.20. The first-order valence-corrected chi connectivity index (χ1v) is 7.92. The predicted octanol–water partition coefficient (Wildman–Crippen LogP) is 3.48. The Hall–Kier alpha value is -1.76. The minimum Gasteiger partial charge on any atom is -0.356 e. The fourth-order valence-corrected chi connectivity index (χ4v) is 2.71. The lowest BCUT2D eigenvalue weighted by Gasteiger charge is -2.22. The molecule has 8 heteroatoms. The lowest BCUT2D eigenvalue weighted by molar-refractivity contribution is -0.137. The van der Waals surface area contributed by atoms with Crippen molar-refractivity contribution in [3.05, 3.63) is 28.8 Å². The zero-order valence-electron chi connectivity index (χ0n) is 13.3. The van der Waals surface area contributed by atoms with Crippen molar-refractivity contribution in [2.24, 2.45) is 11.8 Å². The highest BCUT2D eigenvalue weighted by Gasteiger charge is 2.41. The molecule has 1 N–H and O–H groups in total. The number of nitrogens with zero attached hydrogens (tertiary/aromatic N) is 1. The first kappa shape index (κ1) is 18.6. The molecule has 4 nitrogen and oxygen atoms in total. The third-order valence-corrected chi connectivity index (χ3v) is 3.97. The maximum Gasteiger partial charge on any atom is 0.418 e. The van der Waals surface area contributed by atoms with E-state index in [9.17, 15) is 22.8 Å². The second-order valence-corrected chi connectivity index (χ2v) is 6.64. The summed E-state index contributed by atoms with van der Waals surface area (Å²) in [6.45, 7) is 4.23. The van der Waals surface area contributed by atoms with Gasteiger partial charge >= 0.3 is 6.18 Å². The number of amides is 2. The van der Waals surface area contributed by atoms with Gasteiger partial charge in [-0.1, -0.05) is 25.4 Å². The number of anilines is 1. The number of carbonyl (C=O) groups excluding carboxylic acids is 2. The van der Waals surface area contributed by atoms with Crippen LogP contribution in [0.15, 0.2) is 18.2 Å². The Morgan fingerprint density at radius 1 is 1.42 bits per heavy atom. The van der Waals surface area contributed by atoms with Gasteiger partial charge in [0.1, 0.15) is 0 Å². The minimum atomic E-state index is -4.64. The number of carbonyl (C=O) groups is 2. The van der Waals surface area contributed by atoms with Gasteiger partial charge in [0, 0.05) is 24.5 Å². The molecule has 1 aliphatic heterocycles. The van der Waals surface area contributed by atoms with Crippen molar-refractivity contribution in [2.75, 3.05) is 18.0 Å². The van der Waals surface area contributed by atoms with E-state index in [0.29, 0.717) is 6.54 Å². The highest BCUT2D eigenvalue weighted by molar-refractivity contribution is 6.30. The molecule has 1 fully saturated rings. The predicted molar refractivity (Wildman–Crippen MR) is 84.8 cm³/mol. The van der Waals surface area contributed by atoms with Gasteiger partial charge in [0.05, 0.1) is 17.2 Å². The van der Waals surface area contributed by atoms with E-state index in [1.54, 1.807) is 0 Å². The van der Waals surface area contributed by atoms with Crippen LogP contribution in [-0.2, 0) is 15.8 Å². The molecule has 1 unspecified atom stereocenters. The van der Waals surface area contributed by atoms with Crippen LogP contribution in [0.4, 0.5) is 18.9 Å². The summed E-state index contributed by atoms with van der Waals surface area (Å²) >= 11 is 5.65. The van der Waals surface area contributed by atoms with Crippen molar-refractivity contribution in [1.82, 2.24) is 5.32 Å². The molecular weight excluding hydrogens is 345 g/mol. The zero-order valence-corrected chi connectivity index (χ0v) is 14.0. The summed E-state index contributed by atoms with van der Waals surface area (Å²) in [5.74, 6) is -1.24. The summed E-state index contributed by atoms with van der Waals surface area (Å²) in [6, 6.07) is 3.25. The van der Waals surface area contributed by atoms with E-state index in [1.165, 1.54) is 6.07 Å². The molecular formula is C16H18ClF3N2O2. The maximum absolute atomic E-state index is 13.2. The molecule has 1 aliphatic rings. The number of hydrogen-bond acceptors (Lipinski definition) is 2. The number of rotatable bonds is 4. The van der Waals surface area contributed by atoms with Gasteiger partial charge in [0.15, 0.2) is 0 Å². The number of nitrogens with one attached hydrogen (secondary N) is 1. The SMILES string of the molecule is CC(C)CNC(=O)C1CC(=O)N(c2ccc(Cl)cc2C(F)(F)F)C1. The normalized spacial score (nSPS) is 18.4. The Kier molecular flexibility index (Phi) is 5.42. The summed E-state index contributed by atoms with van der Waals surface area (Å²) in [5, 5.41) is 2.64. The Bertz CT molecular complexity index is 647. The Morgan fingerprint density at radius 3 is 2.67 bits per heavy atom. The van der Waals surface area contributed by atoms with Gasteiger partial charge in [-0.3, -0.25) is 9.59 Å². The first-order chi connectivity index (χ1) is 11.1. The Balaban J connectivity index is 2.22. The van der Waals surface area contributed by atoms with Crippen molar-refractivity contribution in [1.29, 1.82) is 0 Å². The molecule has 1 aromatic carbocycles. The third kappa shape index (κ3) is 4.20. The van der Waals surface area contributed by atoms with Crippen LogP contribution in [0, 0.1) is 11.8 Å². The van der Waals surface area contributed by atoms with Crippen molar-refractivity contribution in [2.45, 2.75) is 26.4 Å². The minimum absolute atomic E-state index is 0.0658. The standard InChI is InChI=1S/C16H18ClF3N2O2/c1-9(2)7-21-15(24)10-5-14(23)22(8-10)13-4-3-11(17)6-12(13)16(18,19)20/h3-4,6,9-10H,5,7-8H2,1-2H3,(H,21,24). The fraction of sp³-hybridized carbons (Fsp3) is 0.500. The smallest absolute Gasteiger partial charge is 0.356 e. The molecule has 0 spiro atoms. The molecule has 1 atom stereocenters. The van der Waals surface area contributed by atoms with Gasteiger partial charge in [0.2, 0.25) is 11.8 Å². The monoisotopic (exact) mass is 362 g/mol. The fourth-order valence-electron chi connectivity index (χ4n) is 2.54. The molecule has 2 amide bonds. The van der Waals surface area contributed by atoms with E-state index in [-0.39, 0.29) is 35.5 Å². The van der Waals surface area contributed by atoms with Gasteiger partial charge in [-0.2, -0.15) is 13.2 Å². The average molecular weight is 363 g/mol. The van der Waals surface area contributed by atoms with E-state index in [1.807, 2.05) is 13.8 Å². The van der Waals surface area contributed by atoms with Crippen molar-refractivity contribution < 1.29 is 22.8 Å². The molecule has 0 saturated carbocycles. The number of benzene rings is 1. The summed E-state index contributed by atoms with van der Waals surface area (Å²) in [6.07, 6.45) is -4.75. The lowest BCUT2D eigenvalue weighted by atomic mass is 10.1. The number of alkyl halides is 3. The summed E-state index contributed by atoms with van der Waals surface area (Å²) in [5.41, 5.74) is -1.25. The molecule has 2 rings (SSSR count). The first-order valence-electron chi connectivity index (χ1n) is 7.54. The molecule has 0 aromatic heterocycles. The van der Waals surface area contributed by atoms with Crippen LogP contribution in [0.3, 0.4) is 0 Å². The van der Waals surface area contributed by atoms with Crippen molar-refractivity contribution >= 4 is 29.1 Å². The molecule has 24 heavy (non-hydrogen) atoms. The summed E-state index contributed by atoms with van der Waals surface area (Å²) in [7, 11) is 0. The largest absolute Gasteiger partial charge is 0.418 e. The average Bonchev–Trinajstić information content (AvgIpc) is 2.85. The van der Waals surface area contributed by atoms with Crippen molar-refractivity contribution in [3.8, 4) is 0 Å². The molecule has 0 aliphatic carbocycles. The maximum atomic E-state index is 13.2. The number of halogens is 4. The van der Waals surface area contributed by atoms with Gasteiger partial charge in [-0.25, -0.2) is 0 Å². The van der Waals surface area contributed by atoms with Crippen LogP contribution in [0.25, 0.3) is 0 Å². The van der Waals surface area contributed by atoms with E-state index in [4.69, 9.17) is 11.6 Å². The lowest BCUT2D eigenvalue weighted by Crippen LogP contribution is -2.35. The highest BCUT2D eigenvalue weighted by atomic mass is 35.5. The molecule has 1 heterocycles. The van der Waals surface area contributed by atoms with E-state index < -0.39 is 23.6 Å². The zero-order chi connectivity index (χ0) is 18.1. The van der Waals surface area contributed by atoms with E-state index in [2.05, 4.69) is 5.32 Å². The van der Waals surface area contributed by atoms with Crippen LogP contribution in [0.2, 0.25) is 5.02 Å². The van der Waals surface area contributed by atoms with E-state index in [0.717, 1.165) is 17.0 Å². The quantitative estimate of drug-likeness (QED) is 0.891. The Morgan fingerprint density at radius 2 is 2.08 bits per heavy atom. The third-order valence-electron chi connectivity index (χ3n) is 3.74. The molecule has 132 valence electrons. The molecule has 1 saturated heterocycles. The van der Waals surface area contributed by atoms with Gasteiger partial charge in [-0.15, -0.1) is 0 Å². The van der Waals surface area contributed by atoms with Gasteiger partial charge in [0.25, 0.3) is 0 Å². The van der Waals surface area contributed by atoms with Crippen molar-refractivity contribution in [3.63, 3.8) is 0 Å². The molecule has 0 bridgehead atoms. The van der Waals surface area contributed by atoms with Crippen LogP contribution >= 0.6 is 11.6 Å². The van der Waals surface area contributed by atoms with Crippen LogP contribution in [-0.4, -0.2) is 24.9 Å². The van der Waals surface area contributed by atoms with Gasteiger partial charge < -0.3 is 10.2 Å². The summed E-state index contributed by atoms with van der Waals surface area (Å²) in [4.78, 5) is 25.2. The van der Waals surface area contributed by atoms with E-state index >= 15 is 0 Å². The van der Waals surface area contributed by atoms with Crippen LogP contribution in [0.5, 0.6) is 0 Å². The summed E-state index contributed by atoms with van der Waals surface area (Å²) < 4.78 is 39.6. The highest BCUT2D eigenvalue weighted by Crippen LogP contribution is 2.40. The second kappa shape index (κ2) is 7.01. The molecule has 1 aromatic rings. The molecule has 0 radical (unpaired) electrons. The van der Waals surface area contributed by atoms with Crippen LogP contribution < -0.4 is 10.2 Å². The topological polar surface area (TPSA) is 49.4 Å². The van der Waals surface area contributed by atoms with Crippen LogP contribution in [0.1, 0.15) is 25.8 Å². The van der Waals surface area contributed by atoms with Gasteiger partial charge in [-0.05, 0) is 24.1 Å². The number of hydrogen-bond donors (Lipinski definition) is 1.